The number of nitrogens with zero attached hydrogens (tertiary/aromatic N) is 5. The van der Waals surface area contributed by atoms with E-state index in [0.717, 1.165) is 0 Å². The van der Waals surface area contributed by atoms with Crippen LogP contribution in [0.4, 0.5) is 11.6 Å². The fraction of sp³-hybridized carbons (Fsp3) is 0.312. The topological polar surface area (TPSA) is 223 Å². The molecule has 3 amide bonds. The maximum Gasteiger partial charge on any atom is 0.292 e. The molecule has 0 atom stereocenters. The lowest BCUT2D eigenvalue weighted by Gasteiger charge is -2.03. The Kier molecular flexibility index (Phi) is 7.79. The standard InChI is InChI=1S/C16H24N12O3/c1-27-7-11(25-13(27)15(30)21-4-3-9(17)18)26-16(31)14-24-10(6-28(14)2)23-12(29)5-20-8-22-19/h6-8H,3-5,19H2,1-2H3,(H3,17,18)(H,20,22)(H,21,30)(H,23,29)(H,26,31). The second-order valence-corrected chi connectivity index (χ2v) is 6.29. The Morgan fingerprint density at radius 2 is 1.68 bits per heavy atom. The van der Waals surface area contributed by atoms with E-state index in [0.29, 0.717) is 0 Å². The summed E-state index contributed by atoms with van der Waals surface area (Å²) in [4.78, 5) is 48.4. The summed E-state index contributed by atoms with van der Waals surface area (Å²) in [6.07, 6.45) is 4.31. The number of hydrogen-bond acceptors (Lipinski definition) is 8. The van der Waals surface area contributed by atoms with E-state index in [9.17, 15) is 14.4 Å². The molecule has 2 rings (SSSR count). The van der Waals surface area contributed by atoms with Crippen molar-refractivity contribution >= 4 is 41.5 Å². The Labute approximate surface area is 176 Å². The van der Waals surface area contributed by atoms with Gasteiger partial charge < -0.3 is 36.2 Å². The van der Waals surface area contributed by atoms with Crippen LogP contribution in [0.2, 0.25) is 0 Å². The fourth-order valence-corrected chi connectivity index (χ4v) is 2.40. The molecule has 15 heteroatoms. The Hall–Kier alpha value is -4.27. The van der Waals surface area contributed by atoms with Crippen LogP contribution in [-0.4, -0.2) is 62.1 Å². The molecule has 0 spiro atoms. The number of nitrogens with two attached hydrogens (primary N) is 2. The van der Waals surface area contributed by atoms with Crippen LogP contribution in [0.5, 0.6) is 0 Å². The highest BCUT2D eigenvalue weighted by atomic mass is 16.2. The Morgan fingerprint density at radius 1 is 1.10 bits per heavy atom. The van der Waals surface area contributed by atoms with Gasteiger partial charge in [-0.05, 0) is 0 Å². The van der Waals surface area contributed by atoms with Gasteiger partial charge in [0.25, 0.3) is 11.8 Å². The van der Waals surface area contributed by atoms with Gasteiger partial charge in [-0.2, -0.15) is 0 Å². The summed E-state index contributed by atoms with van der Waals surface area (Å²) < 4.78 is 2.87. The first-order chi connectivity index (χ1) is 14.7. The predicted octanol–water partition coefficient (Wildman–Crippen LogP) is -2.11. The first-order valence-electron chi connectivity index (χ1n) is 8.94. The van der Waals surface area contributed by atoms with Gasteiger partial charge in [-0.1, -0.05) is 0 Å². The number of aliphatic imine (C=N–C) groups is 1. The summed E-state index contributed by atoms with van der Waals surface area (Å²) in [5.41, 5.74) is 7.42. The molecule has 2 aromatic heterocycles. The van der Waals surface area contributed by atoms with Crippen LogP contribution in [0, 0.1) is 5.41 Å². The molecule has 9 N–H and O–H groups in total. The lowest BCUT2D eigenvalue weighted by molar-refractivity contribution is -0.114. The number of hydrazine groups is 1. The maximum atomic E-state index is 12.5. The molecule has 0 aliphatic carbocycles. The molecule has 0 fully saturated rings. The first kappa shape index (κ1) is 23.0. The summed E-state index contributed by atoms with van der Waals surface area (Å²) in [5, 5.41) is 14.8. The lowest BCUT2D eigenvalue weighted by Crippen LogP contribution is -2.29. The number of rotatable bonds is 10. The van der Waals surface area contributed by atoms with Gasteiger partial charge in [-0.15, -0.1) is 0 Å². The SMILES string of the molecule is Cn1cc(NC(=O)c2nc(NC(=O)CN=CNN)cn2C)nc1C(=O)NCCC(=N)N. The summed E-state index contributed by atoms with van der Waals surface area (Å²) in [6, 6.07) is 0. The average Bonchev–Trinajstić information content (AvgIpc) is 3.23. The van der Waals surface area contributed by atoms with Gasteiger partial charge in [0.05, 0.1) is 12.2 Å². The summed E-state index contributed by atoms with van der Waals surface area (Å²) in [6.45, 7) is 0.0199. The minimum Gasteiger partial charge on any atom is -0.388 e. The van der Waals surface area contributed by atoms with Crippen molar-refractivity contribution in [2.24, 2.45) is 30.7 Å². The molecule has 0 aliphatic rings. The van der Waals surface area contributed by atoms with Crippen molar-refractivity contribution in [3.8, 4) is 0 Å². The number of carbonyl (C=O) groups is 3. The fourth-order valence-electron chi connectivity index (χ4n) is 2.40. The van der Waals surface area contributed by atoms with Gasteiger partial charge in [-0.3, -0.25) is 24.8 Å². The van der Waals surface area contributed by atoms with Crippen molar-refractivity contribution in [2.45, 2.75) is 6.42 Å². The third kappa shape index (κ3) is 6.64. The van der Waals surface area contributed by atoms with E-state index < -0.39 is 17.7 Å². The minimum atomic E-state index is -0.588. The lowest BCUT2D eigenvalue weighted by atomic mass is 10.4. The third-order valence-corrected chi connectivity index (χ3v) is 3.75. The van der Waals surface area contributed by atoms with E-state index in [-0.39, 0.29) is 48.6 Å². The molecule has 0 bridgehead atoms. The zero-order valence-electron chi connectivity index (χ0n) is 17.0. The van der Waals surface area contributed by atoms with Crippen molar-refractivity contribution in [1.29, 1.82) is 5.41 Å². The number of imidazole rings is 2. The monoisotopic (exact) mass is 432 g/mol. The average molecular weight is 432 g/mol. The molecule has 166 valence electrons. The van der Waals surface area contributed by atoms with Crippen LogP contribution >= 0.6 is 0 Å². The van der Waals surface area contributed by atoms with E-state index in [2.05, 4.69) is 36.3 Å². The zero-order chi connectivity index (χ0) is 23.0. The molecule has 15 nitrogen and oxygen atoms in total. The van der Waals surface area contributed by atoms with Gasteiger partial charge in [0.15, 0.2) is 11.6 Å². The highest BCUT2D eigenvalue weighted by Crippen LogP contribution is 2.11. The zero-order valence-corrected chi connectivity index (χ0v) is 17.0. The number of anilines is 2. The Bertz CT molecular complexity index is 1010. The highest BCUT2D eigenvalue weighted by Gasteiger charge is 2.19. The molecule has 31 heavy (non-hydrogen) atoms. The molecule has 0 radical (unpaired) electrons. The largest absolute Gasteiger partial charge is 0.388 e. The molecule has 0 saturated carbocycles. The molecular weight excluding hydrogens is 408 g/mol. The van der Waals surface area contributed by atoms with E-state index in [1.165, 1.54) is 27.9 Å². The first-order valence-corrected chi connectivity index (χ1v) is 8.94. The molecule has 2 heterocycles. The van der Waals surface area contributed by atoms with E-state index >= 15 is 0 Å². The van der Waals surface area contributed by atoms with Crippen LogP contribution in [-0.2, 0) is 18.9 Å². The summed E-state index contributed by atoms with van der Waals surface area (Å²) in [5.74, 6) is 3.86. The number of hydrogen-bond donors (Lipinski definition) is 7. The van der Waals surface area contributed by atoms with Crippen LogP contribution in [0.1, 0.15) is 27.7 Å². The summed E-state index contributed by atoms with van der Waals surface area (Å²) >= 11 is 0. The molecule has 0 unspecified atom stereocenters. The van der Waals surface area contributed by atoms with Gasteiger partial charge in [0.2, 0.25) is 17.6 Å². The van der Waals surface area contributed by atoms with Crippen molar-refractivity contribution in [3.63, 3.8) is 0 Å². The van der Waals surface area contributed by atoms with E-state index in [1.807, 2.05) is 0 Å². The maximum absolute atomic E-state index is 12.5. The number of amidine groups is 1. The van der Waals surface area contributed by atoms with Crippen LogP contribution in [0.15, 0.2) is 17.4 Å². The van der Waals surface area contributed by atoms with Crippen molar-refractivity contribution in [2.75, 3.05) is 23.7 Å². The van der Waals surface area contributed by atoms with Crippen LogP contribution in [0.3, 0.4) is 0 Å². The number of carbonyl (C=O) groups excluding carboxylic acids is 3. The number of amides is 3. The van der Waals surface area contributed by atoms with E-state index in [4.69, 9.17) is 17.0 Å². The smallest absolute Gasteiger partial charge is 0.292 e. The third-order valence-electron chi connectivity index (χ3n) is 3.75. The highest BCUT2D eigenvalue weighted by molar-refractivity contribution is 6.02. The molecule has 2 aromatic rings. The second kappa shape index (κ2) is 10.5. The predicted molar refractivity (Wildman–Crippen MR) is 113 cm³/mol. The van der Waals surface area contributed by atoms with Crippen molar-refractivity contribution in [1.82, 2.24) is 29.8 Å². The van der Waals surface area contributed by atoms with Crippen LogP contribution < -0.4 is 33.0 Å². The quantitative estimate of drug-likeness (QED) is 0.0949. The number of nitrogens with one attached hydrogen (secondary N) is 5. The van der Waals surface area contributed by atoms with Gasteiger partial charge in [0.1, 0.15) is 6.54 Å². The molecule has 0 aromatic carbocycles. The van der Waals surface area contributed by atoms with Crippen LogP contribution in [0.25, 0.3) is 0 Å². The molecule has 0 aliphatic heterocycles. The van der Waals surface area contributed by atoms with Gasteiger partial charge >= 0.3 is 0 Å². The van der Waals surface area contributed by atoms with Gasteiger partial charge in [0, 0.05) is 39.5 Å². The van der Waals surface area contributed by atoms with Gasteiger partial charge in [-0.25, -0.2) is 15.8 Å². The number of aryl methyl sites for hydroxylation is 2. The minimum absolute atomic E-state index is 0.0144. The second-order valence-electron chi connectivity index (χ2n) is 6.29. The Morgan fingerprint density at radius 3 is 2.26 bits per heavy atom. The molecule has 0 saturated heterocycles. The molecular formula is C16H24N12O3. The van der Waals surface area contributed by atoms with Crippen molar-refractivity contribution in [3.05, 3.63) is 24.0 Å². The van der Waals surface area contributed by atoms with E-state index in [1.54, 1.807) is 14.1 Å². The normalized spacial score (nSPS) is 10.7. The Balaban J connectivity index is 2.01. The summed E-state index contributed by atoms with van der Waals surface area (Å²) in [7, 11) is 3.18. The van der Waals surface area contributed by atoms with Crippen molar-refractivity contribution < 1.29 is 14.4 Å². The number of aromatic nitrogens is 4.